The van der Waals surface area contributed by atoms with Gasteiger partial charge in [-0.25, -0.2) is 0 Å². The Hall–Kier alpha value is -0.780. The van der Waals surface area contributed by atoms with Crippen molar-refractivity contribution in [3.63, 3.8) is 0 Å². The molecule has 0 aromatic heterocycles. The molecule has 2 rings (SSSR count). The standard InChI is InChI=1S/C15H22/c1-10(2)13-8-14-11(3)6-5-7-12(4)15(14)9-13/h6,12H,5,7-9H2,1-4H3. The molecule has 0 aromatic carbocycles. The van der Waals surface area contributed by atoms with Crippen molar-refractivity contribution in [3.8, 4) is 0 Å². The highest BCUT2D eigenvalue weighted by Gasteiger charge is 2.25. The van der Waals surface area contributed by atoms with Gasteiger partial charge in [-0.15, -0.1) is 0 Å². The minimum atomic E-state index is 0.797. The lowest BCUT2D eigenvalue weighted by atomic mass is 9.94. The molecule has 0 saturated heterocycles. The lowest BCUT2D eigenvalue weighted by Gasteiger charge is -2.11. The Morgan fingerprint density at radius 3 is 2.67 bits per heavy atom. The van der Waals surface area contributed by atoms with Gasteiger partial charge in [-0.2, -0.15) is 0 Å². The molecule has 0 bridgehead atoms. The monoisotopic (exact) mass is 202 g/mol. The van der Waals surface area contributed by atoms with Crippen molar-refractivity contribution in [2.24, 2.45) is 5.92 Å². The lowest BCUT2D eigenvalue weighted by Crippen LogP contribution is -1.97. The molecule has 0 fully saturated rings. The van der Waals surface area contributed by atoms with E-state index in [1.165, 1.54) is 31.3 Å². The average Bonchev–Trinajstić information content (AvgIpc) is 2.57. The van der Waals surface area contributed by atoms with Crippen molar-refractivity contribution in [2.75, 3.05) is 0 Å². The smallest absolute Gasteiger partial charge is 0.00591 e. The van der Waals surface area contributed by atoms with Crippen LogP contribution in [0.2, 0.25) is 0 Å². The van der Waals surface area contributed by atoms with E-state index in [1.807, 2.05) is 0 Å². The van der Waals surface area contributed by atoms with E-state index in [0.29, 0.717) is 0 Å². The predicted molar refractivity (Wildman–Crippen MR) is 66.8 cm³/mol. The summed E-state index contributed by atoms with van der Waals surface area (Å²) in [5.41, 5.74) is 8.14. The van der Waals surface area contributed by atoms with Crippen molar-refractivity contribution in [1.29, 1.82) is 0 Å². The highest BCUT2D eigenvalue weighted by atomic mass is 14.3. The van der Waals surface area contributed by atoms with Crippen molar-refractivity contribution in [3.05, 3.63) is 33.9 Å². The first-order chi connectivity index (χ1) is 7.09. The highest BCUT2D eigenvalue weighted by molar-refractivity contribution is 5.47. The average molecular weight is 202 g/mol. The summed E-state index contributed by atoms with van der Waals surface area (Å²) in [5, 5.41) is 0. The Labute approximate surface area is 93.8 Å². The first kappa shape index (κ1) is 10.7. The zero-order valence-corrected chi connectivity index (χ0v) is 10.5. The van der Waals surface area contributed by atoms with Crippen LogP contribution in [0.5, 0.6) is 0 Å². The van der Waals surface area contributed by atoms with Crippen molar-refractivity contribution >= 4 is 0 Å². The number of allylic oxidation sites excluding steroid dienone is 6. The normalized spacial score (nSPS) is 26.3. The van der Waals surface area contributed by atoms with Gasteiger partial charge in [-0.05, 0) is 57.9 Å². The molecule has 82 valence electrons. The molecule has 15 heavy (non-hydrogen) atoms. The first-order valence-corrected chi connectivity index (χ1v) is 6.14. The van der Waals surface area contributed by atoms with E-state index in [1.54, 1.807) is 22.3 Å². The predicted octanol–water partition coefficient (Wildman–Crippen LogP) is 4.79. The third-order valence-corrected chi connectivity index (χ3v) is 4.01. The van der Waals surface area contributed by atoms with Gasteiger partial charge in [0.15, 0.2) is 0 Å². The Kier molecular flexibility index (Phi) is 2.86. The summed E-state index contributed by atoms with van der Waals surface area (Å²) in [6.45, 7) is 9.20. The molecule has 0 heteroatoms. The van der Waals surface area contributed by atoms with Crippen LogP contribution in [-0.4, -0.2) is 0 Å². The molecular weight excluding hydrogens is 180 g/mol. The van der Waals surface area contributed by atoms with Crippen LogP contribution in [0.25, 0.3) is 0 Å². The quantitative estimate of drug-likeness (QED) is 0.495. The first-order valence-electron chi connectivity index (χ1n) is 6.14. The molecule has 0 N–H and O–H groups in total. The van der Waals surface area contributed by atoms with Crippen LogP contribution in [0.4, 0.5) is 0 Å². The maximum atomic E-state index is 2.44. The molecule has 0 amide bonds. The maximum Gasteiger partial charge on any atom is -0.00591 e. The number of rotatable bonds is 0. The minimum absolute atomic E-state index is 0.797. The summed E-state index contributed by atoms with van der Waals surface area (Å²) in [6, 6.07) is 0. The van der Waals surface area contributed by atoms with Crippen LogP contribution >= 0.6 is 0 Å². The molecule has 0 heterocycles. The number of hydrogen-bond acceptors (Lipinski definition) is 0. The molecule has 0 radical (unpaired) electrons. The number of hydrogen-bond donors (Lipinski definition) is 0. The van der Waals surface area contributed by atoms with Gasteiger partial charge >= 0.3 is 0 Å². The van der Waals surface area contributed by atoms with Gasteiger partial charge in [0.25, 0.3) is 0 Å². The van der Waals surface area contributed by atoms with Gasteiger partial charge in [0.2, 0.25) is 0 Å². The van der Waals surface area contributed by atoms with E-state index in [2.05, 4.69) is 33.8 Å². The van der Waals surface area contributed by atoms with E-state index < -0.39 is 0 Å². The largest absolute Gasteiger partial charge is 0.0813 e. The topological polar surface area (TPSA) is 0 Å². The van der Waals surface area contributed by atoms with Crippen molar-refractivity contribution in [2.45, 2.75) is 53.4 Å². The van der Waals surface area contributed by atoms with Gasteiger partial charge in [0, 0.05) is 0 Å². The van der Waals surface area contributed by atoms with Gasteiger partial charge in [0.05, 0.1) is 0 Å². The summed E-state index contributed by atoms with van der Waals surface area (Å²) < 4.78 is 0. The molecule has 0 nitrogen and oxygen atoms in total. The maximum absolute atomic E-state index is 2.44. The molecule has 0 aliphatic heterocycles. The molecule has 0 aromatic rings. The van der Waals surface area contributed by atoms with Crippen LogP contribution in [0, 0.1) is 5.92 Å². The van der Waals surface area contributed by atoms with Crippen LogP contribution < -0.4 is 0 Å². The van der Waals surface area contributed by atoms with Gasteiger partial charge in [0.1, 0.15) is 0 Å². The fraction of sp³-hybridized carbons (Fsp3) is 0.600. The van der Waals surface area contributed by atoms with Crippen LogP contribution in [-0.2, 0) is 0 Å². The van der Waals surface area contributed by atoms with Gasteiger partial charge in [-0.1, -0.05) is 35.3 Å². The Balaban J connectivity index is 2.36. The van der Waals surface area contributed by atoms with E-state index in [9.17, 15) is 0 Å². The fourth-order valence-corrected chi connectivity index (χ4v) is 2.79. The Morgan fingerprint density at radius 1 is 1.27 bits per heavy atom. The molecule has 1 atom stereocenters. The molecule has 2 aliphatic rings. The van der Waals surface area contributed by atoms with Gasteiger partial charge in [-0.3, -0.25) is 0 Å². The summed E-state index contributed by atoms with van der Waals surface area (Å²) in [5.74, 6) is 0.797. The lowest BCUT2D eigenvalue weighted by molar-refractivity contribution is 0.615. The van der Waals surface area contributed by atoms with Crippen LogP contribution in [0.1, 0.15) is 53.4 Å². The zero-order chi connectivity index (χ0) is 11.0. The molecule has 1 unspecified atom stereocenters. The second-order valence-electron chi connectivity index (χ2n) is 5.33. The summed E-state index contributed by atoms with van der Waals surface area (Å²) in [6.07, 6.45) is 7.53. The van der Waals surface area contributed by atoms with E-state index in [4.69, 9.17) is 0 Å². The summed E-state index contributed by atoms with van der Waals surface area (Å²) in [7, 11) is 0. The summed E-state index contributed by atoms with van der Waals surface area (Å²) >= 11 is 0. The second kappa shape index (κ2) is 4.00. The SMILES string of the molecule is CC1=CCCC(C)C2=C1CC(=C(C)C)C2. The summed E-state index contributed by atoms with van der Waals surface area (Å²) in [4.78, 5) is 0. The minimum Gasteiger partial charge on any atom is -0.0813 e. The second-order valence-corrected chi connectivity index (χ2v) is 5.33. The van der Waals surface area contributed by atoms with Crippen LogP contribution in [0.3, 0.4) is 0 Å². The van der Waals surface area contributed by atoms with Crippen LogP contribution in [0.15, 0.2) is 33.9 Å². The van der Waals surface area contributed by atoms with E-state index >= 15 is 0 Å². The molecular formula is C15H22. The molecule has 2 aliphatic carbocycles. The zero-order valence-electron chi connectivity index (χ0n) is 10.5. The Morgan fingerprint density at radius 2 is 2.00 bits per heavy atom. The van der Waals surface area contributed by atoms with Crippen molar-refractivity contribution < 1.29 is 0 Å². The van der Waals surface area contributed by atoms with Crippen molar-refractivity contribution in [1.82, 2.24) is 0 Å². The molecule has 0 spiro atoms. The fourth-order valence-electron chi connectivity index (χ4n) is 2.79. The van der Waals surface area contributed by atoms with Gasteiger partial charge < -0.3 is 0 Å². The van der Waals surface area contributed by atoms with E-state index in [0.717, 1.165) is 5.92 Å². The third-order valence-electron chi connectivity index (χ3n) is 4.01. The van der Waals surface area contributed by atoms with E-state index in [-0.39, 0.29) is 0 Å². The Bertz CT molecular complexity index is 359. The third kappa shape index (κ3) is 1.95. The highest BCUT2D eigenvalue weighted by Crippen LogP contribution is 2.43. The molecule has 0 saturated carbocycles.